The summed E-state index contributed by atoms with van der Waals surface area (Å²) in [6, 6.07) is 13.1. The van der Waals surface area contributed by atoms with E-state index in [0.29, 0.717) is 44.5 Å². The first kappa shape index (κ1) is 79.4. The third-order valence-electron chi connectivity index (χ3n) is 23.9. The number of pyridine rings is 2. The van der Waals surface area contributed by atoms with Crippen LogP contribution in [0, 0.1) is 68.0 Å². The van der Waals surface area contributed by atoms with Crippen molar-refractivity contribution in [3.05, 3.63) is 225 Å². The Morgan fingerprint density at radius 1 is 0.307 bits per heavy atom. The molecule has 5 saturated carbocycles. The van der Waals surface area contributed by atoms with Crippen LogP contribution >= 0.6 is 0 Å². The fourth-order valence-corrected chi connectivity index (χ4v) is 16.4. The van der Waals surface area contributed by atoms with Crippen molar-refractivity contribution in [1.29, 1.82) is 0 Å². The fraction of sp³-hybridized carbons (Fsp3) is 0.404. The first-order valence-electron chi connectivity index (χ1n) is 39.2. The molecule has 25 heteroatoms. The van der Waals surface area contributed by atoms with E-state index in [1.54, 1.807) is 43.1 Å². The molecule has 590 valence electrons. The molecule has 5 fully saturated rings. The summed E-state index contributed by atoms with van der Waals surface area (Å²) in [6.45, 7) is 18.3. The van der Waals surface area contributed by atoms with Gasteiger partial charge in [-0.1, -0.05) is 73.8 Å². The van der Waals surface area contributed by atoms with Crippen LogP contribution in [-0.4, -0.2) is 79.4 Å². The van der Waals surface area contributed by atoms with Gasteiger partial charge in [0.25, 0.3) is 17.7 Å². The van der Waals surface area contributed by atoms with Crippen molar-refractivity contribution in [1.82, 2.24) is 49.8 Å². The maximum absolute atomic E-state index is 13.7. The number of carbonyl (C=O) groups excluding carboxylic acids is 5. The number of nitrogens with zero attached hydrogens (tertiary/aromatic N) is 10. The summed E-state index contributed by atoms with van der Waals surface area (Å²) >= 11 is 0. The molecule has 0 bridgehead atoms. The van der Waals surface area contributed by atoms with E-state index >= 15 is 0 Å². The molecule has 0 atom stereocenters. The molecular formula is C89H94F5N15O5. The number of nitrogens with one attached hydrogen (secondary N) is 5. The van der Waals surface area contributed by atoms with Crippen molar-refractivity contribution in [3.8, 4) is 0 Å². The fourth-order valence-electron chi connectivity index (χ4n) is 16.4. The summed E-state index contributed by atoms with van der Waals surface area (Å²) < 4.78 is 68.1. The SMILES string of the molecule is CC1=C(c2ccc(NC(=O)C(C)C)nc2)CC2(CC2)C1.CC1=C(c2cnc(NC(=O)C(C)C)cn2)CC2(CC2)C1.CC1=C(c2cnc(NC(=O)c3c(F)cccc3F)cn2)CC2(CC2)C1.CC1=C(c2cnc(NC(=O)c3c(F)cncc3F)cn2)CC2(CC2)C1.CC1=C(c2cnc(NC(=O)c3ccccc3F)cn2)CC2(CC2)C1. The second-order valence-electron chi connectivity index (χ2n) is 33.8. The molecule has 18 rings (SSSR count). The molecule has 5 amide bonds. The molecule has 0 saturated heterocycles. The van der Waals surface area contributed by atoms with Gasteiger partial charge in [0.05, 0.1) is 90.3 Å². The molecule has 20 nitrogen and oxygen atoms in total. The van der Waals surface area contributed by atoms with Crippen LogP contribution in [0.25, 0.3) is 27.9 Å². The van der Waals surface area contributed by atoms with Gasteiger partial charge in [0, 0.05) is 18.0 Å². The molecule has 0 radical (unpaired) electrons. The zero-order valence-corrected chi connectivity index (χ0v) is 65.7. The molecule has 6 heterocycles. The number of aromatic nitrogens is 10. The molecule has 5 spiro atoms. The molecule has 5 N–H and O–H groups in total. The van der Waals surface area contributed by atoms with E-state index in [9.17, 15) is 45.9 Å². The molecule has 6 aromatic heterocycles. The smallest absolute Gasteiger partial charge is 0.262 e. The predicted octanol–water partition coefficient (Wildman–Crippen LogP) is 19.8. The molecule has 2 aromatic carbocycles. The number of hydrogen-bond donors (Lipinski definition) is 5. The lowest BCUT2D eigenvalue weighted by Crippen LogP contribution is -2.18. The second kappa shape index (κ2) is 32.3. The van der Waals surface area contributed by atoms with Crippen LogP contribution < -0.4 is 26.6 Å². The highest BCUT2D eigenvalue weighted by molar-refractivity contribution is 6.05. The summed E-state index contributed by atoms with van der Waals surface area (Å²) in [5.74, 6) is -5.05. The number of anilines is 5. The first-order chi connectivity index (χ1) is 54.5. The van der Waals surface area contributed by atoms with Crippen LogP contribution in [-0.2, 0) is 9.59 Å². The monoisotopic (exact) mass is 1550 g/mol. The number of hydrogen-bond acceptors (Lipinski definition) is 15. The average molecular weight is 1550 g/mol. The standard InChI is InChI=1S/C19H17F2N3O.C19H18FN3O.C18H16F2N4O.C17H22N2O.C16H21N3O/c1-11-7-19(5-6-19)8-12(11)15-9-23-16(10-22-15)24-18(25)17-13(20)3-2-4-14(17)21;1-12-8-19(6-7-19)9-14(12)16-10-22-17(11-21-16)23-18(24)13-4-2-3-5-15(13)20;1-10-4-18(2-3-18)5-11(10)14-8-23-15(9-22-14)24-17(25)16-12(19)6-21-7-13(16)20;1-11(2)16(20)19-15-5-4-13(10-18-15)14-9-17(6-7-17)8-12(14)3;1-10(2)15(20)19-14-9-17-13(8-18-14)12-7-16(4-5-16)6-11(12)3/h2-4,9-10H,5-8H2,1H3,(H,23,24,25);2-5,10-11H,6-9H2,1H3,(H,22,23,24);6-9H,2-5H2,1H3,(H,23,24,25);4-5,10-11H,6-9H2,1-3H3,(H,18,19,20);8-10H,4-7H2,1-3H3,(H,18,19,20). The Balaban J connectivity index is 0.000000118. The Labute approximate surface area is 660 Å². The molecule has 8 aromatic rings. The number of halogens is 5. The predicted molar refractivity (Wildman–Crippen MR) is 428 cm³/mol. The lowest BCUT2D eigenvalue weighted by Gasteiger charge is -2.09. The van der Waals surface area contributed by atoms with Gasteiger partial charge in [-0.05, 0) is 260 Å². The Bertz CT molecular complexity index is 4960. The van der Waals surface area contributed by atoms with Crippen molar-refractivity contribution in [2.24, 2.45) is 38.9 Å². The average Bonchev–Trinajstić information content (AvgIpc) is 1.62. The highest BCUT2D eigenvalue weighted by Gasteiger charge is 2.51. The number of carbonyl (C=O) groups is 5. The van der Waals surface area contributed by atoms with Crippen LogP contribution in [0.3, 0.4) is 0 Å². The Morgan fingerprint density at radius 2 is 0.614 bits per heavy atom. The molecular weight excluding hydrogens is 1450 g/mol. The summed E-state index contributed by atoms with van der Waals surface area (Å²) in [5.41, 5.74) is 19.5. The van der Waals surface area contributed by atoms with Gasteiger partial charge in [0.15, 0.2) is 34.9 Å². The molecule has 10 aliphatic rings. The van der Waals surface area contributed by atoms with Crippen LogP contribution in [0.4, 0.5) is 51.0 Å². The molecule has 114 heavy (non-hydrogen) atoms. The normalized spacial score (nSPS) is 18.6. The minimum atomic E-state index is -1.02. The maximum atomic E-state index is 13.7. The molecule has 10 aliphatic carbocycles. The maximum Gasteiger partial charge on any atom is 0.262 e. The largest absolute Gasteiger partial charge is 0.310 e. The minimum absolute atomic E-state index is 0.00611. The van der Waals surface area contributed by atoms with Gasteiger partial charge < -0.3 is 26.6 Å². The second-order valence-corrected chi connectivity index (χ2v) is 33.8. The van der Waals surface area contributed by atoms with Crippen LogP contribution in [0.5, 0.6) is 0 Å². The third kappa shape index (κ3) is 18.5. The number of rotatable bonds is 15. The lowest BCUT2D eigenvalue weighted by molar-refractivity contribution is -0.119. The van der Waals surface area contributed by atoms with E-state index in [1.807, 2.05) is 40.0 Å². The van der Waals surface area contributed by atoms with Gasteiger partial charge in [-0.15, -0.1) is 0 Å². The zero-order valence-electron chi connectivity index (χ0n) is 65.7. The van der Waals surface area contributed by atoms with E-state index in [0.717, 1.165) is 92.2 Å². The summed E-state index contributed by atoms with van der Waals surface area (Å²) in [4.78, 5) is 102. The summed E-state index contributed by atoms with van der Waals surface area (Å²) in [5, 5.41) is 12.9. The summed E-state index contributed by atoms with van der Waals surface area (Å²) in [7, 11) is 0. The van der Waals surface area contributed by atoms with Gasteiger partial charge in [-0.3, -0.25) is 48.9 Å². The van der Waals surface area contributed by atoms with Gasteiger partial charge in [-0.2, -0.15) is 0 Å². The van der Waals surface area contributed by atoms with E-state index in [-0.39, 0.29) is 40.8 Å². The van der Waals surface area contributed by atoms with E-state index in [1.165, 1.54) is 182 Å². The van der Waals surface area contributed by atoms with E-state index in [2.05, 4.69) is 117 Å². The number of allylic oxidation sites excluding steroid dienone is 10. The molecule has 0 aliphatic heterocycles. The van der Waals surface area contributed by atoms with E-state index in [4.69, 9.17) is 0 Å². The van der Waals surface area contributed by atoms with Gasteiger partial charge in [0.1, 0.15) is 34.4 Å². The number of benzene rings is 2. The highest BCUT2D eigenvalue weighted by Crippen LogP contribution is 2.65. The Morgan fingerprint density at radius 3 is 0.930 bits per heavy atom. The molecule has 0 unspecified atom stereocenters. The van der Waals surface area contributed by atoms with Gasteiger partial charge in [0.2, 0.25) is 11.8 Å². The third-order valence-corrected chi connectivity index (χ3v) is 23.9. The van der Waals surface area contributed by atoms with Crippen molar-refractivity contribution in [2.45, 2.75) is 191 Å². The zero-order chi connectivity index (χ0) is 80.6. The van der Waals surface area contributed by atoms with Crippen LogP contribution in [0.2, 0.25) is 0 Å². The summed E-state index contributed by atoms with van der Waals surface area (Å²) in [6.07, 6.45) is 40.6. The Hall–Kier alpha value is -11.2. The van der Waals surface area contributed by atoms with Crippen LogP contribution in [0.1, 0.15) is 250 Å². The topological polar surface area (TPSA) is 274 Å². The van der Waals surface area contributed by atoms with Crippen molar-refractivity contribution < 1.29 is 45.9 Å². The number of amides is 5. The van der Waals surface area contributed by atoms with Crippen molar-refractivity contribution in [3.63, 3.8) is 0 Å². The minimum Gasteiger partial charge on any atom is -0.310 e. The highest BCUT2D eigenvalue weighted by atomic mass is 19.1. The Kier molecular flexibility index (Phi) is 22.5. The van der Waals surface area contributed by atoms with E-state index < -0.39 is 57.9 Å². The van der Waals surface area contributed by atoms with Gasteiger partial charge >= 0.3 is 0 Å². The quantitative estimate of drug-likeness (QED) is 0.0597. The van der Waals surface area contributed by atoms with Crippen molar-refractivity contribution >= 4 is 86.5 Å². The van der Waals surface area contributed by atoms with Crippen LogP contribution in [0.15, 0.2) is 151 Å². The van der Waals surface area contributed by atoms with Crippen molar-refractivity contribution in [2.75, 3.05) is 26.6 Å². The lowest BCUT2D eigenvalue weighted by atomic mass is 10.00. The first-order valence-corrected chi connectivity index (χ1v) is 39.2. The van der Waals surface area contributed by atoms with Gasteiger partial charge in [-0.25, -0.2) is 46.9 Å².